The standard InChI is InChI=1S/C18H30N4O2S/c1-17(2,3)10-14(23)22-9-7-8-12(22)15(24)19-11-13-20-21-16(25-13)18(4,5)6/h12H,7-11H2,1-6H3,(H,19,24). The van der Waals surface area contributed by atoms with Gasteiger partial charge in [-0.2, -0.15) is 0 Å². The number of likely N-dealkylation sites (tertiary alicyclic amines) is 1. The van der Waals surface area contributed by atoms with Crippen molar-refractivity contribution in [2.24, 2.45) is 5.41 Å². The van der Waals surface area contributed by atoms with Crippen molar-refractivity contribution in [3.05, 3.63) is 10.0 Å². The minimum Gasteiger partial charge on any atom is -0.348 e. The number of rotatable bonds is 4. The first-order valence-electron chi connectivity index (χ1n) is 8.87. The quantitative estimate of drug-likeness (QED) is 0.889. The molecule has 1 aromatic heterocycles. The third-order valence-corrected chi connectivity index (χ3v) is 5.43. The Morgan fingerprint density at radius 2 is 1.88 bits per heavy atom. The molecular weight excluding hydrogens is 336 g/mol. The summed E-state index contributed by atoms with van der Waals surface area (Å²) in [6.07, 6.45) is 2.06. The van der Waals surface area contributed by atoms with Gasteiger partial charge in [-0.25, -0.2) is 0 Å². The molecule has 0 aliphatic carbocycles. The van der Waals surface area contributed by atoms with Gasteiger partial charge in [-0.3, -0.25) is 9.59 Å². The molecule has 2 rings (SSSR count). The number of nitrogens with zero attached hydrogens (tertiary/aromatic N) is 3. The van der Waals surface area contributed by atoms with E-state index in [0.717, 1.165) is 22.9 Å². The molecule has 0 radical (unpaired) electrons. The number of aromatic nitrogens is 2. The monoisotopic (exact) mass is 366 g/mol. The molecule has 0 aromatic carbocycles. The second-order valence-corrected chi connectivity index (χ2v) is 10.0. The Morgan fingerprint density at radius 3 is 2.44 bits per heavy atom. The number of hydrogen-bond donors (Lipinski definition) is 1. The van der Waals surface area contributed by atoms with Crippen LogP contribution in [-0.4, -0.2) is 39.5 Å². The summed E-state index contributed by atoms with van der Waals surface area (Å²) in [5.41, 5.74) is -0.113. The van der Waals surface area contributed by atoms with E-state index in [4.69, 9.17) is 0 Å². The van der Waals surface area contributed by atoms with Crippen LogP contribution in [0.15, 0.2) is 0 Å². The molecule has 1 aliphatic heterocycles. The fourth-order valence-electron chi connectivity index (χ4n) is 2.80. The Kier molecular flexibility index (Phi) is 5.86. The highest BCUT2D eigenvalue weighted by molar-refractivity contribution is 7.11. The lowest BCUT2D eigenvalue weighted by Crippen LogP contribution is -2.46. The summed E-state index contributed by atoms with van der Waals surface area (Å²) in [4.78, 5) is 26.8. The highest BCUT2D eigenvalue weighted by Crippen LogP contribution is 2.26. The van der Waals surface area contributed by atoms with Crippen LogP contribution in [0.4, 0.5) is 0 Å². The lowest BCUT2D eigenvalue weighted by molar-refractivity contribution is -0.139. The van der Waals surface area contributed by atoms with E-state index in [1.54, 1.807) is 4.90 Å². The first-order valence-corrected chi connectivity index (χ1v) is 9.69. The van der Waals surface area contributed by atoms with Gasteiger partial charge in [0.15, 0.2) is 0 Å². The van der Waals surface area contributed by atoms with Crippen LogP contribution in [0.5, 0.6) is 0 Å². The Hall–Kier alpha value is -1.50. The highest BCUT2D eigenvalue weighted by Gasteiger charge is 2.35. The Morgan fingerprint density at radius 1 is 1.20 bits per heavy atom. The topological polar surface area (TPSA) is 75.2 Å². The van der Waals surface area contributed by atoms with Gasteiger partial charge in [0, 0.05) is 18.4 Å². The van der Waals surface area contributed by atoms with Crippen LogP contribution in [-0.2, 0) is 21.5 Å². The molecule has 140 valence electrons. The van der Waals surface area contributed by atoms with Gasteiger partial charge in [0.05, 0.1) is 6.54 Å². The number of amides is 2. The number of carbonyl (C=O) groups excluding carboxylic acids is 2. The molecule has 1 unspecified atom stereocenters. The van der Waals surface area contributed by atoms with E-state index < -0.39 is 0 Å². The average Bonchev–Trinajstić information content (AvgIpc) is 3.11. The molecule has 2 amide bonds. The molecule has 0 saturated carbocycles. The minimum atomic E-state index is -0.357. The maximum atomic E-state index is 12.6. The minimum absolute atomic E-state index is 0.0401. The summed E-state index contributed by atoms with van der Waals surface area (Å²) in [7, 11) is 0. The third-order valence-electron chi connectivity index (χ3n) is 4.08. The van der Waals surface area contributed by atoms with Crippen LogP contribution >= 0.6 is 11.3 Å². The molecule has 1 atom stereocenters. The van der Waals surface area contributed by atoms with E-state index in [1.807, 2.05) is 20.8 Å². The van der Waals surface area contributed by atoms with Crippen molar-refractivity contribution in [2.45, 2.75) is 78.8 Å². The lowest BCUT2D eigenvalue weighted by Gasteiger charge is -2.27. The van der Waals surface area contributed by atoms with Crippen molar-refractivity contribution < 1.29 is 9.59 Å². The molecule has 7 heteroatoms. The normalized spacial score (nSPS) is 18.5. The van der Waals surface area contributed by atoms with Crippen molar-refractivity contribution in [3.63, 3.8) is 0 Å². The molecule has 1 N–H and O–H groups in total. The zero-order valence-electron chi connectivity index (χ0n) is 16.2. The van der Waals surface area contributed by atoms with E-state index in [0.29, 0.717) is 19.5 Å². The molecule has 6 nitrogen and oxygen atoms in total. The molecular formula is C18H30N4O2S. The summed E-state index contributed by atoms with van der Waals surface area (Å²) >= 11 is 1.52. The predicted octanol–water partition coefficient (Wildman–Crippen LogP) is 2.88. The first kappa shape index (κ1) is 19.8. The first-order chi connectivity index (χ1) is 11.5. The molecule has 1 fully saturated rings. The van der Waals surface area contributed by atoms with Gasteiger partial charge in [0.25, 0.3) is 0 Å². The van der Waals surface area contributed by atoms with E-state index in [9.17, 15) is 9.59 Å². The van der Waals surface area contributed by atoms with Crippen LogP contribution in [0.3, 0.4) is 0 Å². The second-order valence-electron chi connectivity index (χ2n) is 8.95. The number of carbonyl (C=O) groups is 2. The fraction of sp³-hybridized carbons (Fsp3) is 0.778. The molecule has 1 saturated heterocycles. The van der Waals surface area contributed by atoms with Gasteiger partial charge in [-0.05, 0) is 18.3 Å². The van der Waals surface area contributed by atoms with Gasteiger partial charge in [0.1, 0.15) is 16.1 Å². The summed E-state index contributed by atoms with van der Waals surface area (Å²) in [6.45, 7) is 13.4. The van der Waals surface area contributed by atoms with Crippen LogP contribution in [0, 0.1) is 5.41 Å². The van der Waals surface area contributed by atoms with Crippen molar-refractivity contribution in [2.75, 3.05) is 6.54 Å². The van der Waals surface area contributed by atoms with Gasteiger partial charge in [-0.15, -0.1) is 10.2 Å². The van der Waals surface area contributed by atoms with E-state index >= 15 is 0 Å². The molecule has 1 aliphatic rings. The van der Waals surface area contributed by atoms with Crippen LogP contribution in [0.25, 0.3) is 0 Å². The third kappa shape index (κ3) is 5.49. The smallest absolute Gasteiger partial charge is 0.243 e. The largest absolute Gasteiger partial charge is 0.348 e. The predicted molar refractivity (Wildman–Crippen MR) is 99.3 cm³/mol. The summed E-state index contributed by atoms with van der Waals surface area (Å²) in [5.74, 6) is -0.0247. The van der Waals surface area contributed by atoms with Crippen molar-refractivity contribution in [3.8, 4) is 0 Å². The highest BCUT2D eigenvalue weighted by atomic mass is 32.1. The van der Waals surface area contributed by atoms with Gasteiger partial charge in [-0.1, -0.05) is 52.9 Å². The van der Waals surface area contributed by atoms with Gasteiger partial charge >= 0.3 is 0 Å². The maximum absolute atomic E-state index is 12.6. The van der Waals surface area contributed by atoms with E-state index in [-0.39, 0.29) is 28.7 Å². The summed E-state index contributed by atoms with van der Waals surface area (Å²) in [6, 6.07) is -0.357. The molecule has 25 heavy (non-hydrogen) atoms. The SMILES string of the molecule is CC(C)(C)CC(=O)N1CCCC1C(=O)NCc1nnc(C(C)(C)C)s1. The van der Waals surface area contributed by atoms with Crippen LogP contribution in [0.1, 0.15) is 70.8 Å². The molecule has 0 spiro atoms. The average molecular weight is 367 g/mol. The summed E-state index contributed by atoms with van der Waals surface area (Å²) < 4.78 is 0. The molecule has 0 bridgehead atoms. The zero-order valence-corrected chi connectivity index (χ0v) is 17.0. The Balaban J connectivity index is 1.93. The van der Waals surface area contributed by atoms with Crippen LogP contribution < -0.4 is 5.32 Å². The van der Waals surface area contributed by atoms with E-state index in [2.05, 4.69) is 36.3 Å². The van der Waals surface area contributed by atoms with Gasteiger partial charge in [0.2, 0.25) is 11.8 Å². The Bertz CT molecular complexity index is 628. The van der Waals surface area contributed by atoms with Crippen molar-refractivity contribution in [1.82, 2.24) is 20.4 Å². The Labute approximate surface area is 154 Å². The zero-order chi connectivity index (χ0) is 18.8. The number of nitrogens with one attached hydrogen (secondary N) is 1. The fourth-order valence-corrected chi connectivity index (χ4v) is 3.64. The van der Waals surface area contributed by atoms with E-state index in [1.165, 1.54) is 11.3 Å². The van der Waals surface area contributed by atoms with Crippen LogP contribution in [0.2, 0.25) is 0 Å². The van der Waals surface area contributed by atoms with Crippen molar-refractivity contribution in [1.29, 1.82) is 0 Å². The maximum Gasteiger partial charge on any atom is 0.243 e. The summed E-state index contributed by atoms with van der Waals surface area (Å²) in [5, 5.41) is 13.0. The molecule has 1 aromatic rings. The molecule has 2 heterocycles. The lowest BCUT2D eigenvalue weighted by atomic mass is 9.91. The van der Waals surface area contributed by atoms with Crippen molar-refractivity contribution >= 4 is 23.2 Å². The second kappa shape index (κ2) is 7.40. The van der Waals surface area contributed by atoms with Gasteiger partial charge < -0.3 is 10.2 Å². The number of hydrogen-bond acceptors (Lipinski definition) is 5.